The summed E-state index contributed by atoms with van der Waals surface area (Å²) in [5, 5.41) is 3.23. The number of thioether (sulfide) groups is 1. The third-order valence-electron chi connectivity index (χ3n) is 11.1. The Hall–Kier alpha value is -4.21. The van der Waals surface area contributed by atoms with Gasteiger partial charge in [0, 0.05) is 50.2 Å². The lowest BCUT2D eigenvalue weighted by Crippen LogP contribution is -2.47. The Morgan fingerprint density at radius 1 is 0.711 bits per heavy atom. The summed E-state index contributed by atoms with van der Waals surface area (Å²) in [4.78, 5) is 4.41. The van der Waals surface area contributed by atoms with Crippen LogP contribution in [0.5, 0.6) is 0 Å². The van der Waals surface area contributed by atoms with Crippen LogP contribution in [0, 0.1) is 5.92 Å². The molecule has 5 atom stereocenters. The molecule has 5 aromatic rings. The second kappa shape index (κ2) is 10.2. The highest BCUT2D eigenvalue weighted by atomic mass is 32.2. The lowest BCUT2D eigenvalue weighted by Gasteiger charge is -2.43. The molecule has 0 fully saturated rings. The smallest absolute Gasteiger partial charge is 0.0578 e. The van der Waals surface area contributed by atoms with Gasteiger partial charge in [0.05, 0.1) is 17.1 Å². The van der Waals surface area contributed by atoms with Gasteiger partial charge in [-0.25, -0.2) is 0 Å². The van der Waals surface area contributed by atoms with Gasteiger partial charge < -0.3 is 9.47 Å². The van der Waals surface area contributed by atoms with Crippen LogP contribution in [0.2, 0.25) is 0 Å². The van der Waals surface area contributed by atoms with Crippen LogP contribution in [0.4, 0.5) is 0 Å². The molecule has 3 heterocycles. The number of rotatable bonds is 3. The second-order valence-electron chi connectivity index (χ2n) is 13.4. The summed E-state index contributed by atoms with van der Waals surface area (Å²) >= 11 is 2.14. The Bertz CT molecular complexity index is 2110. The van der Waals surface area contributed by atoms with Crippen LogP contribution in [0.1, 0.15) is 49.1 Å². The zero-order chi connectivity index (χ0) is 29.5. The van der Waals surface area contributed by atoms with E-state index in [-0.39, 0.29) is 0 Å². The average molecular weight is 601 g/mol. The van der Waals surface area contributed by atoms with Crippen molar-refractivity contribution in [3.63, 3.8) is 0 Å². The van der Waals surface area contributed by atoms with Crippen LogP contribution in [0.3, 0.4) is 0 Å². The van der Waals surface area contributed by atoms with Gasteiger partial charge in [-0.3, -0.25) is 0 Å². The normalized spacial score (nSPS) is 26.6. The lowest BCUT2D eigenvalue weighted by atomic mass is 9.81. The predicted octanol–water partition coefficient (Wildman–Crippen LogP) is 10.5. The van der Waals surface area contributed by atoms with Crippen molar-refractivity contribution in [3.05, 3.63) is 150 Å². The largest absolute Gasteiger partial charge is 0.363 e. The third kappa shape index (κ3) is 3.89. The number of benzene rings is 4. The number of fused-ring (bicyclic) bond motifs is 8. The van der Waals surface area contributed by atoms with Gasteiger partial charge in [0.15, 0.2) is 0 Å². The maximum Gasteiger partial charge on any atom is 0.0578 e. The summed E-state index contributed by atoms with van der Waals surface area (Å²) in [5.74, 6) is 1.000. The molecule has 3 aliphatic carbocycles. The minimum Gasteiger partial charge on any atom is -0.363 e. The molecule has 5 aliphatic rings. The lowest BCUT2D eigenvalue weighted by molar-refractivity contribution is 0.199. The van der Waals surface area contributed by atoms with Gasteiger partial charge in [-0.05, 0) is 90.8 Å². The van der Waals surface area contributed by atoms with Gasteiger partial charge in [0.25, 0.3) is 0 Å². The second-order valence-corrected chi connectivity index (χ2v) is 14.6. The van der Waals surface area contributed by atoms with Crippen molar-refractivity contribution in [2.75, 3.05) is 0 Å². The van der Waals surface area contributed by atoms with E-state index in [4.69, 9.17) is 0 Å². The maximum atomic E-state index is 2.92. The Morgan fingerprint density at radius 2 is 1.53 bits per heavy atom. The first-order valence-corrected chi connectivity index (χ1v) is 17.6. The number of hydrogen-bond donors (Lipinski definition) is 0. The van der Waals surface area contributed by atoms with Crippen molar-refractivity contribution in [2.24, 2.45) is 5.92 Å². The van der Waals surface area contributed by atoms with E-state index in [2.05, 4.69) is 149 Å². The molecule has 0 radical (unpaired) electrons. The van der Waals surface area contributed by atoms with Gasteiger partial charge in [-0.1, -0.05) is 91.0 Å². The van der Waals surface area contributed by atoms with E-state index in [1.54, 1.807) is 11.3 Å². The SMILES string of the molecule is C1=CC2c3ccccc3SC2C(N2C3=C(CCCC3)C3C=C(c4ccc5c(c4)c4ccccc4n5-c4ccccc4)C=CC32)C1. The van der Waals surface area contributed by atoms with E-state index < -0.39 is 0 Å². The standard InChI is InChI=1S/C42H36N2S/c1-2-11-29(12-3-1)43-36-17-7-4-13-30(36)34-25-27(21-23-38(34)43)28-22-24-39-35(26-28)31-14-5-8-18-37(31)44(39)40-19-10-16-33-32-15-6-9-20-41(32)45-42(33)40/h1-4,6-7,9-13,15-17,20-26,33,35,39-40,42H,5,8,14,18-19H2. The number of para-hydroxylation sites is 2. The molecule has 0 amide bonds. The highest BCUT2D eigenvalue weighted by Crippen LogP contribution is 2.55. The van der Waals surface area contributed by atoms with Crippen molar-refractivity contribution in [1.82, 2.24) is 9.47 Å². The summed E-state index contributed by atoms with van der Waals surface area (Å²) in [6, 6.07) is 36.9. The predicted molar refractivity (Wildman–Crippen MR) is 189 cm³/mol. The van der Waals surface area contributed by atoms with Crippen molar-refractivity contribution in [2.45, 2.75) is 60.3 Å². The third-order valence-corrected chi connectivity index (χ3v) is 12.6. The molecule has 3 heteroatoms. The van der Waals surface area contributed by atoms with E-state index in [9.17, 15) is 0 Å². The van der Waals surface area contributed by atoms with Gasteiger partial charge in [-0.2, -0.15) is 0 Å². The van der Waals surface area contributed by atoms with Crippen LogP contribution >= 0.6 is 11.8 Å². The highest BCUT2D eigenvalue weighted by Gasteiger charge is 2.48. The molecular weight excluding hydrogens is 565 g/mol. The van der Waals surface area contributed by atoms with Crippen molar-refractivity contribution < 1.29 is 0 Å². The van der Waals surface area contributed by atoms with E-state index >= 15 is 0 Å². The summed E-state index contributed by atoms with van der Waals surface area (Å²) in [6.07, 6.45) is 18.9. The number of hydrogen-bond acceptors (Lipinski definition) is 2. The molecule has 2 nitrogen and oxygen atoms in total. The fourth-order valence-corrected chi connectivity index (χ4v) is 10.7. The first-order chi connectivity index (χ1) is 22.3. The molecule has 0 saturated heterocycles. The van der Waals surface area contributed by atoms with Gasteiger partial charge in [0.1, 0.15) is 0 Å². The fraction of sp³-hybridized carbons (Fsp3) is 0.238. The van der Waals surface area contributed by atoms with E-state index in [1.807, 2.05) is 0 Å². The molecule has 0 N–H and O–H groups in total. The molecule has 2 aliphatic heterocycles. The van der Waals surface area contributed by atoms with Crippen LogP contribution < -0.4 is 0 Å². The molecule has 45 heavy (non-hydrogen) atoms. The van der Waals surface area contributed by atoms with Gasteiger partial charge in [0.2, 0.25) is 0 Å². The first kappa shape index (κ1) is 26.1. The van der Waals surface area contributed by atoms with Crippen LogP contribution in [0.25, 0.3) is 33.1 Å². The van der Waals surface area contributed by atoms with E-state index in [1.165, 1.54) is 74.8 Å². The van der Waals surface area contributed by atoms with Crippen molar-refractivity contribution >= 4 is 39.1 Å². The molecule has 5 unspecified atom stereocenters. The number of nitrogens with zero attached hydrogens (tertiary/aromatic N) is 2. The van der Waals surface area contributed by atoms with Gasteiger partial charge >= 0.3 is 0 Å². The van der Waals surface area contributed by atoms with Crippen LogP contribution in [0.15, 0.2) is 144 Å². The van der Waals surface area contributed by atoms with E-state index in [0.717, 1.165) is 6.42 Å². The molecule has 220 valence electrons. The quantitative estimate of drug-likeness (QED) is 0.190. The van der Waals surface area contributed by atoms with Crippen molar-refractivity contribution in [3.8, 4) is 5.69 Å². The maximum absolute atomic E-state index is 2.92. The van der Waals surface area contributed by atoms with Crippen LogP contribution in [-0.2, 0) is 0 Å². The Labute approximate surface area is 269 Å². The number of allylic oxidation sites excluding steroid dienone is 4. The molecule has 4 aromatic carbocycles. The number of aromatic nitrogens is 1. The minimum atomic E-state index is 0.432. The summed E-state index contributed by atoms with van der Waals surface area (Å²) in [5.41, 5.74) is 11.4. The Balaban J connectivity index is 1.04. The molecule has 1 aromatic heterocycles. The Morgan fingerprint density at radius 3 is 2.49 bits per heavy atom. The van der Waals surface area contributed by atoms with Gasteiger partial charge in [-0.15, -0.1) is 11.8 Å². The van der Waals surface area contributed by atoms with E-state index in [0.29, 0.717) is 29.2 Å². The fourth-order valence-electron chi connectivity index (χ4n) is 9.17. The monoisotopic (exact) mass is 600 g/mol. The molecule has 0 spiro atoms. The Kier molecular flexibility index (Phi) is 5.88. The minimum absolute atomic E-state index is 0.432. The highest BCUT2D eigenvalue weighted by molar-refractivity contribution is 8.00. The topological polar surface area (TPSA) is 8.17 Å². The zero-order valence-electron chi connectivity index (χ0n) is 25.3. The molecule has 10 rings (SSSR count). The molecule has 0 saturated carbocycles. The van der Waals surface area contributed by atoms with Crippen molar-refractivity contribution in [1.29, 1.82) is 0 Å². The van der Waals surface area contributed by atoms with Crippen LogP contribution in [-0.4, -0.2) is 26.8 Å². The first-order valence-electron chi connectivity index (χ1n) is 16.7. The summed E-state index contributed by atoms with van der Waals surface area (Å²) in [7, 11) is 0. The molecule has 0 bridgehead atoms. The average Bonchev–Trinajstić information content (AvgIpc) is 3.76. The summed E-state index contributed by atoms with van der Waals surface area (Å²) in [6.45, 7) is 0. The zero-order valence-corrected chi connectivity index (χ0v) is 26.2. The summed E-state index contributed by atoms with van der Waals surface area (Å²) < 4.78 is 2.41. The molecular formula is C42H36N2S.